The molecule has 2 aromatic heterocycles. The summed E-state index contributed by atoms with van der Waals surface area (Å²) in [6.45, 7) is 0. The van der Waals surface area contributed by atoms with E-state index >= 15 is 0 Å². The molecule has 8 heteroatoms. The summed E-state index contributed by atoms with van der Waals surface area (Å²) in [6.07, 6.45) is 5.57. The van der Waals surface area contributed by atoms with E-state index in [9.17, 15) is 4.79 Å². The molecule has 0 amide bonds. The van der Waals surface area contributed by atoms with Crippen LogP contribution in [0.1, 0.15) is 29.7 Å². The molecular weight excluding hydrogens is 372 g/mol. The second-order valence-electron chi connectivity index (χ2n) is 7.10. The number of anilines is 1. The average molecular weight is 392 g/mol. The van der Waals surface area contributed by atoms with Crippen molar-refractivity contribution in [1.82, 2.24) is 14.8 Å². The molecule has 0 fully saturated rings. The van der Waals surface area contributed by atoms with E-state index in [2.05, 4.69) is 21.5 Å². The molecule has 0 bridgehead atoms. The predicted molar refractivity (Wildman–Crippen MR) is 104 cm³/mol. The summed E-state index contributed by atoms with van der Waals surface area (Å²) >= 11 is 0. The van der Waals surface area contributed by atoms with Gasteiger partial charge in [-0.1, -0.05) is 12.1 Å². The first kappa shape index (κ1) is 17.5. The molecule has 5 rings (SSSR count). The van der Waals surface area contributed by atoms with Crippen LogP contribution >= 0.6 is 0 Å². The van der Waals surface area contributed by atoms with Crippen molar-refractivity contribution >= 4 is 11.7 Å². The number of furan rings is 1. The molecule has 1 aliphatic heterocycles. The number of rotatable bonds is 4. The molecular formula is C21H20N4O4. The maximum atomic E-state index is 13.3. The summed E-state index contributed by atoms with van der Waals surface area (Å²) < 4.78 is 18.1. The molecule has 1 aromatic carbocycles. The minimum absolute atomic E-state index is 0.0761. The van der Waals surface area contributed by atoms with E-state index in [0.29, 0.717) is 29.6 Å². The van der Waals surface area contributed by atoms with E-state index in [1.807, 2.05) is 30.3 Å². The fourth-order valence-electron chi connectivity index (χ4n) is 4.22. The third kappa shape index (κ3) is 2.79. The molecule has 148 valence electrons. The van der Waals surface area contributed by atoms with Gasteiger partial charge in [-0.15, -0.1) is 0 Å². The molecule has 0 saturated carbocycles. The quantitative estimate of drug-likeness (QED) is 0.729. The zero-order valence-electron chi connectivity index (χ0n) is 16.0. The number of nitrogens with zero attached hydrogens (tertiary/aromatic N) is 3. The summed E-state index contributed by atoms with van der Waals surface area (Å²) in [6, 6.07) is 9.08. The number of hydrogen-bond acceptors (Lipinski definition) is 7. The molecule has 8 nitrogen and oxygen atoms in total. The van der Waals surface area contributed by atoms with Crippen molar-refractivity contribution in [1.29, 1.82) is 0 Å². The Balaban J connectivity index is 1.57. The molecule has 1 aliphatic carbocycles. The Bertz CT molecular complexity index is 1090. The zero-order chi connectivity index (χ0) is 20.0. The largest absolute Gasteiger partial charge is 0.493 e. The van der Waals surface area contributed by atoms with Gasteiger partial charge in [0.1, 0.15) is 23.9 Å². The van der Waals surface area contributed by atoms with E-state index in [4.69, 9.17) is 13.9 Å². The fraction of sp³-hybridized carbons (Fsp3) is 0.286. The normalized spacial score (nSPS) is 22.9. The minimum atomic E-state index is -0.397. The molecule has 2 aliphatic rings. The summed E-state index contributed by atoms with van der Waals surface area (Å²) in [5, 5.41) is 7.60. The van der Waals surface area contributed by atoms with E-state index in [-0.39, 0.29) is 17.7 Å². The van der Waals surface area contributed by atoms with Gasteiger partial charge in [0.25, 0.3) is 0 Å². The molecule has 1 N–H and O–H groups in total. The van der Waals surface area contributed by atoms with Crippen LogP contribution in [0.25, 0.3) is 0 Å². The van der Waals surface area contributed by atoms with Gasteiger partial charge in [-0.2, -0.15) is 10.1 Å². The zero-order valence-corrected chi connectivity index (χ0v) is 16.0. The van der Waals surface area contributed by atoms with E-state index in [1.165, 1.54) is 6.33 Å². The lowest BCUT2D eigenvalue weighted by Gasteiger charge is -2.36. The lowest BCUT2D eigenvalue weighted by atomic mass is 9.77. The van der Waals surface area contributed by atoms with Crippen LogP contribution in [0.3, 0.4) is 0 Å². The first-order valence-electron chi connectivity index (χ1n) is 9.36. The molecule has 3 heterocycles. The molecule has 3 atom stereocenters. The van der Waals surface area contributed by atoms with Crippen LogP contribution in [0.15, 0.2) is 59.1 Å². The highest BCUT2D eigenvalue weighted by Gasteiger charge is 2.44. The van der Waals surface area contributed by atoms with Gasteiger partial charge in [0.2, 0.25) is 5.95 Å². The Morgan fingerprint density at radius 1 is 1.21 bits per heavy atom. The van der Waals surface area contributed by atoms with Gasteiger partial charge in [-0.05, 0) is 29.8 Å². The highest BCUT2D eigenvalue weighted by molar-refractivity contribution is 5.88. The van der Waals surface area contributed by atoms with Crippen LogP contribution < -0.4 is 14.8 Å². The third-order valence-corrected chi connectivity index (χ3v) is 5.56. The number of fused-ring (bicyclic) bond motifs is 2. The van der Waals surface area contributed by atoms with Gasteiger partial charge in [0.15, 0.2) is 11.5 Å². The number of aromatic nitrogens is 3. The van der Waals surface area contributed by atoms with E-state index in [0.717, 1.165) is 11.3 Å². The highest BCUT2D eigenvalue weighted by atomic mass is 16.5. The maximum absolute atomic E-state index is 13.3. The Morgan fingerprint density at radius 2 is 2.07 bits per heavy atom. The monoisotopic (exact) mass is 392 g/mol. The average Bonchev–Trinajstić information content (AvgIpc) is 3.43. The van der Waals surface area contributed by atoms with E-state index < -0.39 is 5.92 Å². The molecule has 0 spiro atoms. The third-order valence-electron chi connectivity index (χ3n) is 5.56. The van der Waals surface area contributed by atoms with Crippen molar-refractivity contribution < 1.29 is 18.7 Å². The highest BCUT2D eigenvalue weighted by Crippen LogP contribution is 2.44. The lowest BCUT2D eigenvalue weighted by molar-refractivity contribution is -0.123. The number of Topliss-reactive ketones (excluding diaryl/α,β-unsaturated/α-hetero) is 1. The smallest absolute Gasteiger partial charge is 0.226 e. The van der Waals surface area contributed by atoms with Crippen molar-refractivity contribution in [2.45, 2.75) is 18.4 Å². The first-order valence-corrected chi connectivity index (χ1v) is 9.36. The molecule has 29 heavy (non-hydrogen) atoms. The summed E-state index contributed by atoms with van der Waals surface area (Å²) in [5.74, 6) is 2.23. The first-order chi connectivity index (χ1) is 14.2. The van der Waals surface area contributed by atoms with Crippen molar-refractivity contribution in [2.75, 3.05) is 19.5 Å². The van der Waals surface area contributed by atoms with Crippen molar-refractivity contribution in [3.05, 3.63) is 66.0 Å². The standard InChI is InChI=1S/C21H20N4O4/c1-27-16-6-5-12(10-18(16)28-2)13-8-14-19(15(26)9-13)20(17-4-3-7-29-17)25-21(24-14)22-11-23-25/h3-8,10-11,13,19-20H,9H2,1-2H3,(H,22,23,24)/t13-,19+,20+/m0/s1. The van der Waals surface area contributed by atoms with Crippen LogP contribution in [-0.2, 0) is 4.79 Å². The van der Waals surface area contributed by atoms with Crippen LogP contribution in [0.4, 0.5) is 5.95 Å². The van der Waals surface area contributed by atoms with Gasteiger partial charge in [0.05, 0.1) is 26.4 Å². The number of allylic oxidation sites excluding steroid dienone is 2. The summed E-state index contributed by atoms with van der Waals surface area (Å²) in [7, 11) is 3.21. The number of ketones is 1. The Hall–Kier alpha value is -3.55. The fourth-order valence-corrected chi connectivity index (χ4v) is 4.22. The number of ether oxygens (including phenoxy) is 2. The second kappa shape index (κ2) is 6.80. The Morgan fingerprint density at radius 3 is 2.83 bits per heavy atom. The molecule has 0 radical (unpaired) electrons. The van der Waals surface area contributed by atoms with Crippen molar-refractivity contribution in [3.8, 4) is 11.5 Å². The minimum Gasteiger partial charge on any atom is -0.493 e. The molecule has 0 unspecified atom stereocenters. The second-order valence-corrected chi connectivity index (χ2v) is 7.10. The molecule has 3 aromatic rings. The Labute approximate surface area is 167 Å². The van der Waals surface area contributed by atoms with Crippen molar-refractivity contribution in [2.24, 2.45) is 5.92 Å². The number of methoxy groups -OCH3 is 2. The van der Waals surface area contributed by atoms with Crippen LogP contribution in [0.2, 0.25) is 0 Å². The predicted octanol–water partition coefficient (Wildman–Crippen LogP) is 3.16. The summed E-state index contributed by atoms with van der Waals surface area (Å²) in [5.41, 5.74) is 1.81. The van der Waals surface area contributed by atoms with Gasteiger partial charge < -0.3 is 19.2 Å². The van der Waals surface area contributed by atoms with Crippen LogP contribution in [-0.4, -0.2) is 34.8 Å². The van der Waals surface area contributed by atoms with E-state index in [1.54, 1.807) is 25.2 Å². The van der Waals surface area contributed by atoms with Gasteiger partial charge in [0, 0.05) is 18.0 Å². The Kier molecular flexibility index (Phi) is 4.12. The van der Waals surface area contributed by atoms with Crippen LogP contribution in [0, 0.1) is 5.92 Å². The lowest BCUT2D eigenvalue weighted by Crippen LogP contribution is -2.39. The maximum Gasteiger partial charge on any atom is 0.226 e. The molecule has 0 saturated heterocycles. The summed E-state index contributed by atoms with van der Waals surface area (Å²) in [4.78, 5) is 17.6. The van der Waals surface area contributed by atoms with Crippen LogP contribution in [0.5, 0.6) is 11.5 Å². The number of hydrogen-bond donors (Lipinski definition) is 1. The number of carbonyl (C=O) groups excluding carboxylic acids is 1. The topological polar surface area (TPSA) is 91.4 Å². The van der Waals surface area contributed by atoms with Gasteiger partial charge in [-0.3, -0.25) is 4.79 Å². The van der Waals surface area contributed by atoms with Gasteiger partial charge >= 0.3 is 0 Å². The van der Waals surface area contributed by atoms with Gasteiger partial charge in [-0.25, -0.2) is 4.68 Å². The SMILES string of the molecule is COc1ccc([C@H]2C=C3Nc4ncnn4[C@H](c4ccco4)[C@H]3C(=O)C2)cc1OC. The number of nitrogens with one attached hydrogen (secondary N) is 1. The number of benzene rings is 1. The number of carbonyl (C=O) groups is 1. The van der Waals surface area contributed by atoms with Crippen molar-refractivity contribution in [3.63, 3.8) is 0 Å².